The van der Waals surface area contributed by atoms with Crippen molar-refractivity contribution in [1.82, 2.24) is 9.78 Å². The Morgan fingerprint density at radius 1 is 1.03 bits per heavy atom. The number of benzene rings is 3. The number of carbonyl (C=O) groups excluding carboxylic acids is 1. The number of nitrogens with one attached hydrogen (secondary N) is 1. The molecule has 0 unspecified atom stereocenters. The molecule has 34 heavy (non-hydrogen) atoms. The minimum absolute atomic E-state index is 0.153. The van der Waals surface area contributed by atoms with Crippen LogP contribution in [0, 0.1) is 5.82 Å². The van der Waals surface area contributed by atoms with Crippen molar-refractivity contribution in [2.24, 2.45) is 0 Å². The van der Waals surface area contributed by atoms with Crippen molar-refractivity contribution in [3.05, 3.63) is 107 Å². The summed E-state index contributed by atoms with van der Waals surface area (Å²) >= 11 is 6.08. The van der Waals surface area contributed by atoms with Gasteiger partial charge in [-0.3, -0.25) is 9.48 Å². The molecule has 1 heterocycles. The van der Waals surface area contributed by atoms with Gasteiger partial charge in [-0.05, 0) is 61.0 Å². The zero-order valence-corrected chi connectivity index (χ0v) is 19.3. The number of rotatable bonds is 9. The Hall–Kier alpha value is -3.84. The summed E-state index contributed by atoms with van der Waals surface area (Å²) in [6, 6.07) is 20.7. The summed E-state index contributed by atoms with van der Waals surface area (Å²) in [5.41, 5.74) is 1.66. The molecule has 0 aliphatic heterocycles. The maximum absolute atomic E-state index is 14.0. The van der Waals surface area contributed by atoms with Crippen molar-refractivity contribution in [2.75, 3.05) is 11.9 Å². The number of hydrogen-bond acceptors (Lipinski definition) is 4. The van der Waals surface area contributed by atoms with Gasteiger partial charge >= 0.3 is 0 Å². The maximum Gasteiger partial charge on any atom is 0.256 e. The second-order valence-electron chi connectivity index (χ2n) is 7.45. The summed E-state index contributed by atoms with van der Waals surface area (Å²) in [5.74, 6) is 1.13. The van der Waals surface area contributed by atoms with E-state index < -0.39 is 5.82 Å². The van der Waals surface area contributed by atoms with Gasteiger partial charge in [0.25, 0.3) is 5.91 Å². The van der Waals surface area contributed by atoms with Gasteiger partial charge in [-0.25, -0.2) is 4.39 Å². The van der Waals surface area contributed by atoms with E-state index in [2.05, 4.69) is 10.4 Å². The van der Waals surface area contributed by atoms with Gasteiger partial charge in [0, 0.05) is 28.4 Å². The highest BCUT2D eigenvalue weighted by Gasteiger charge is 2.12. The molecule has 174 valence electrons. The number of carbonyl (C=O) groups is 1. The van der Waals surface area contributed by atoms with Gasteiger partial charge in [0.05, 0.1) is 13.2 Å². The summed E-state index contributed by atoms with van der Waals surface area (Å²) in [7, 11) is 0. The summed E-state index contributed by atoms with van der Waals surface area (Å²) in [6.45, 7) is 3.00. The second-order valence-corrected chi connectivity index (χ2v) is 7.85. The molecule has 4 aromatic rings. The van der Waals surface area contributed by atoms with Gasteiger partial charge in [0.1, 0.15) is 23.9 Å². The summed E-state index contributed by atoms with van der Waals surface area (Å²) in [6.07, 6.45) is 1.65. The van der Waals surface area contributed by atoms with E-state index >= 15 is 0 Å². The Balaban J connectivity index is 1.36. The molecular weight excluding hydrogens is 457 g/mol. The zero-order chi connectivity index (χ0) is 23.9. The van der Waals surface area contributed by atoms with Gasteiger partial charge in [0.15, 0.2) is 5.82 Å². The lowest BCUT2D eigenvalue weighted by Gasteiger charge is -2.09. The first kappa shape index (κ1) is 23.3. The van der Waals surface area contributed by atoms with Crippen molar-refractivity contribution in [1.29, 1.82) is 0 Å². The Kier molecular flexibility index (Phi) is 7.44. The molecule has 0 bridgehead atoms. The van der Waals surface area contributed by atoms with Gasteiger partial charge < -0.3 is 14.8 Å². The van der Waals surface area contributed by atoms with Crippen LogP contribution in [0.25, 0.3) is 0 Å². The van der Waals surface area contributed by atoms with Crippen LogP contribution >= 0.6 is 11.6 Å². The van der Waals surface area contributed by atoms with Crippen LogP contribution in [0.5, 0.6) is 11.5 Å². The molecule has 1 aromatic heterocycles. The third kappa shape index (κ3) is 5.94. The van der Waals surface area contributed by atoms with Crippen molar-refractivity contribution in [3.8, 4) is 11.5 Å². The average Bonchev–Trinajstić information content (AvgIpc) is 3.28. The smallest absolute Gasteiger partial charge is 0.256 e. The molecule has 6 nitrogen and oxygen atoms in total. The first-order valence-corrected chi connectivity index (χ1v) is 11.1. The molecule has 0 radical (unpaired) electrons. The Morgan fingerprint density at radius 2 is 1.76 bits per heavy atom. The molecule has 1 N–H and O–H groups in total. The van der Waals surface area contributed by atoms with Crippen LogP contribution in [0.15, 0.2) is 79.0 Å². The minimum atomic E-state index is -0.405. The van der Waals surface area contributed by atoms with Crippen LogP contribution in [0.3, 0.4) is 0 Å². The fourth-order valence-corrected chi connectivity index (χ4v) is 3.54. The largest absolute Gasteiger partial charge is 0.494 e. The monoisotopic (exact) mass is 479 g/mol. The lowest BCUT2D eigenvalue weighted by Crippen LogP contribution is -2.13. The van der Waals surface area contributed by atoms with E-state index in [1.165, 1.54) is 10.7 Å². The van der Waals surface area contributed by atoms with E-state index in [4.69, 9.17) is 21.1 Å². The highest BCUT2D eigenvalue weighted by atomic mass is 35.5. The maximum atomic E-state index is 14.0. The standard InChI is InChI=1S/C26H23ClFN3O3/c1-2-33-20-9-11-21(12-10-20)34-17-18-5-3-6-19(15-18)26(32)29-25-13-14-31(30-25)16-22-23(27)7-4-8-24(22)28/h3-15H,2,16-17H2,1H3,(H,29,30,32). The van der Waals surface area contributed by atoms with E-state index in [0.29, 0.717) is 40.9 Å². The van der Waals surface area contributed by atoms with E-state index in [1.54, 1.807) is 42.6 Å². The third-order valence-corrected chi connectivity index (χ3v) is 5.35. The van der Waals surface area contributed by atoms with E-state index in [0.717, 1.165) is 11.3 Å². The van der Waals surface area contributed by atoms with E-state index in [-0.39, 0.29) is 12.5 Å². The lowest BCUT2D eigenvalue weighted by atomic mass is 10.1. The molecule has 0 atom stereocenters. The van der Waals surface area contributed by atoms with Crippen LogP contribution < -0.4 is 14.8 Å². The summed E-state index contributed by atoms with van der Waals surface area (Å²) in [4.78, 5) is 12.7. The first-order chi connectivity index (χ1) is 16.5. The van der Waals surface area contributed by atoms with E-state index in [1.807, 2.05) is 37.3 Å². The molecule has 8 heteroatoms. The molecule has 0 saturated heterocycles. The summed E-state index contributed by atoms with van der Waals surface area (Å²) < 4.78 is 26.8. The molecule has 4 rings (SSSR count). The number of halogens is 2. The molecule has 1 amide bonds. The Morgan fingerprint density at radius 3 is 2.50 bits per heavy atom. The van der Waals surface area contributed by atoms with Gasteiger partial charge in [-0.1, -0.05) is 29.8 Å². The summed E-state index contributed by atoms with van der Waals surface area (Å²) in [5, 5.41) is 7.38. The number of amides is 1. The SMILES string of the molecule is CCOc1ccc(OCc2cccc(C(=O)Nc3ccn(Cc4c(F)cccc4Cl)n3)c2)cc1. The minimum Gasteiger partial charge on any atom is -0.494 e. The van der Waals surface area contributed by atoms with E-state index in [9.17, 15) is 9.18 Å². The fourth-order valence-electron chi connectivity index (χ4n) is 3.32. The Bertz CT molecular complexity index is 1250. The number of nitrogens with zero attached hydrogens (tertiary/aromatic N) is 2. The van der Waals surface area contributed by atoms with Crippen molar-refractivity contribution < 1.29 is 18.7 Å². The lowest BCUT2D eigenvalue weighted by molar-refractivity contribution is 0.102. The predicted octanol–water partition coefficient (Wildman–Crippen LogP) is 5.95. The highest BCUT2D eigenvalue weighted by Crippen LogP contribution is 2.21. The highest BCUT2D eigenvalue weighted by molar-refractivity contribution is 6.31. The molecule has 0 aliphatic carbocycles. The molecule has 0 spiro atoms. The Labute approximate surface area is 201 Å². The molecule has 0 fully saturated rings. The first-order valence-electron chi connectivity index (χ1n) is 10.7. The molecular formula is C26H23ClFN3O3. The normalized spacial score (nSPS) is 10.7. The van der Waals surface area contributed by atoms with Crippen molar-refractivity contribution in [2.45, 2.75) is 20.1 Å². The van der Waals surface area contributed by atoms with Crippen LogP contribution in [0.4, 0.5) is 10.2 Å². The number of anilines is 1. The second kappa shape index (κ2) is 10.9. The van der Waals surface area contributed by atoms with Gasteiger partial charge in [-0.2, -0.15) is 5.10 Å². The third-order valence-electron chi connectivity index (χ3n) is 4.99. The molecule has 3 aromatic carbocycles. The quantitative estimate of drug-likeness (QED) is 0.322. The number of aromatic nitrogens is 2. The number of ether oxygens (including phenoxy) is 2. The number of hydrogen-bond donors (Lipinski definition) is 1. The fraction of sp³-hybridized carbons (Fsp3) is 0.154. The van der Waals surface area contributed by atoms with Crippen LogP contribution in [0.2, 0.25) is 5.02 Å². The predicted molar refractivity (Wildman–Crippen MR) is 129 cm³/mol. The molecule has 0 saturated carbocycles. The topological polar surface area (TPSA) is 65.4 Å². The van der Waals surface area contributed by atoms with Gasteiger partial charge in [-0.15, -0.1) is 0 Å². The van der Waals surface area contributed by atoms with Crippen LogP contribution in [-0.2, 0) is 13.2 Å². The zero-order valence-electron chi connectivity index (χ0n) is 18.5. The average molecular weight is 480 g/mol. The van der Waals surface area contributed by atoms with Crippen molar-refractivity contribution >= 4 is 23.3 Å². The van der Waals surface area contributed by atoms with Crippen LogP contribution in [-0.4, -0.2) is 22.3 Å². The van der Waals surface area contributed by atoms with Gasteiger partial charge in [0.2, 0.25) is 0 Å². The molecule has 0 aliphatic rings. The van der Waals surface area contributed by atoms with Crippen molar-refractivity contribution in [3.63, 3.8) is 0 Å². The van der Waals surface area contributed by atoms with Crippen LogP contribution in [0.1, 0.15) is 28.4 Å².